The molecule has 0 N–H and O–H groups in total. The molecular formula is C11H10Cl2N2S. The monoisotopic (exact) mass is 272 g/mol. The van der Waals surface area contributed by atoms with Crippen LogP contribution in [0.5, 0.6) is 0 Å². The molecule has 0 aliphatic heterocycles. The minimum absolute atomic E-state index is 0.573. The van der Waals surface area contributed by atoms with Gasteiger partial charge in [-0.1, -0.05) is 35.1 Å². The van der Waals surface area contributed by atoms with Crippen molar-refractivity contribution in [2.45, 2.75) is 13.3 Å². The van der Waals surface area contributed by atoms with Crippen LogP contribution in [0.2, 0.25) is 5.02 Å². The molecule has 84 valence electrons. The summed E-state index contributed by atoms with van der Waals surface area (Å²) in [5.74, 6) is 0.573. The lowest BCUT2D eigenvalue weighted by molar-refractivity contribution is 0.989. The van der Waals surface area contributed by atoms with E-state index in [1.54, 1.807) is 11.3 Å². The van der Waals surface area contributed by atoms with Crippen molar-refractivity contribution in [1.82, 2.24) is 10.2 Å². The molecule has 5 heteroatoms. The van der Waals surface area contributed by atoms with E-state index in [1.165, 1.54) is 0 Å². The van der Waals surface area contributed by atoms with Gasteiger partial charge < -0.3 is 0 Å². The molecule has 2 rings (SSSR count). The zero-order chi connectivity index (χ0) is 11.5. The predicted octanol–water partition coefficient (Wildman–Crippen LogP) is 3.95. The molecule has 0 fully saturated rings. The van der Waals surface area contributed by atoms with Gasteiger partial charge in [0.1, 0.15) is 10.0 Å². The SMILES string of the molecule is Cc1c(Cl)cccc1-c1nnc(CCCl)s1. The van der Waals surface area contributed by atoms with Gasteiger partial charge in [-0.2, -0.15) is 0 Å². The van der Waals surface area contributed by atoms with Gasteiger partial charge in [-0.05, 0) is 18.6 Å². The van der Waals surface area contributed by atoms with E-state index in [4.69, 9.17) is 23.2 Å². The second kappa shape index (κ2) is 5.13. The molecule has 1 aromatic carbocycles. The predicted molar refractivity (Wildman–Crippen MR) is 69.5 cm³/mol. The van der Waals surface area contributed by atoms with Gasteiger partial charge in [0.05, 0.1) is 0 Å². The minimum atomic E-state index is 0.573. The Morgan fingerprint density at radius 1 is 1.31 bits per heavy atom. The first-order valence-electron chi connectivity index (χ1n) is 4.86. The summed E-state index contributed by atoms with van der Waals surface area (Å²) in [6.45, 7) is 1.99. The molecule has 0 aliphatic rings. The summed E-state index contributed by atoms with van der Waals surface area (Å²) in [5, 5.41) is 10.9. The summed E-state index contributed by atoms with van der Waals surface area (Å²) in [6.07, 6.45) is 0.763. The third kappa shape index (κ3) is 2.37. The molecule has 0 amide bonds. The highest BCUT2D eigenvalue weighted by Crippen LogP contribution is 2.30. The maximum Gasteiger partial charge on any atom is 0.148 e. The van der Waals surface area contributed by atoms with Crippen LogP contribution in [0.15, 0.2) is 18.2 Å². The van der Waals surface area contributed by atoms with Crippen LogP contribution < -0.4 is 0 Å². The zero-order valence-electron chi connectivity index (χ0n) is 8.70. The first kappa shape index (κ1) is 11.8. The fourth-order valence-electron chi connectivity index (χ4n) is 1.38. The number of aromatic nitrogens is 2. The number of hydrogen-bond acceptors (Lipinski definition) is 3. The third-order valence-electron chi connectivity index (χ3n) is 2.27. The van der Waals surface area contributed by atoms with Crippen LogP contribution in [0.1, 0.15) is 10.6 Å². The average molecular weight is 273 g/mol. The number of hydrogen-bond donors (Lipinski definition) is 0. The summed E-state index contributed by atoms with van der Waals surface area (Å²) in [6, 6.07) is 5.81. The number of alkyl halides is 1. The highest BCUT2D eigenvalue weighted by atomic mass is 35.5. The normalized spacial score (nSPS) is 10.7. The fourth-order valence-corrected chi connectivity index (χ4v) is 2.77. The van der Waals surface area contributed by atoms with E-state index in [-0.39, 0.29) is 0 Å². The van der Waals surface area contributed by atoms with Gasteiger partial charge in [-0.3, -0.25) is 0 Å². The molecule has 0 atom stereocenters. The van der Waals surface area contributed by atoms with Crippen LogP contribution in [-0.4, -0.2) is 16.1 Å². The molecule has 0 spiro atoms. The molecular weight excluding hydrogens is 263 g/mol. The van der Waals surface area contributed by atoms with E-state index in [2.05, 4.69) is 10.2 Å². The topological polar surface area (TPSA) is 25.8 Å². The van der Waals surface area contributed by atoms with Gasteiger partial charge in [-0.15, -0.1) is 21.8 Å². The smallest absolute Gasteiger partial charge is 0.143 e. The Morgan fingerprint density at radius 3 is 2.88 bits per heavy atom. The molecule has 1 aromatic heterocycles. The van der Waals surface area contributed by atoms with Crippen molar-refractivity contribution in [3.63, 3.8) is 0 Å². The minimum Gasteiger partial charge on any atom is -0.143 e. The quantitative estimate of drug-likeness (QED) is 0.791. The van der Waals surface area contributed by atoms with Crippen molar-refractivity contribution in [2.75, 3.05) is 5.88 Å². The second-order valence-electron chi connectivity index (χ2n) is 3.35. The molecule has 0 unspecified atom stereocenters. The van der Waals surface area contributed by atoms with Gasteiger partial charge >= 0.3 is 0 Å². The van der Waals surface area contributed by atoms with Crippen molar-refractivity contribution >= 4 is 34.5 Å². The molecule has 0 saturated carbocycles. The standard InChI is InChI=1S/C11H10Cl2N2S/c1-7-8(3-2-4-9(7)13)11-15-14-10(16-11)5-6-12/h2-4H,5-6H2,1H3. The van der Waals surface area contributed by atoms with Crippen molar-refractivity contribution in [2.24, 2.45) is 0 Å². The molecule has 0 saturated heterocycles. The summed E-state index contributed by atoms with van der Waals surface area (Å²) < 4.78 is 0. The van der Waals surface area contributed by atoms with Crippen LogP contribution >= 0.6 is 34.5 Å². The highest BCUT2D eigenvalue weighted by Gasteiger charge is 2.10. The summed E-state index contributed by atoms with van der Waals surface area (Å²) in [4.78, 5) is 0. The lowest BCUT2D eigenvalue weighted by Crippen LogP contribution is -1.84. The van der Waals surface area contributed by atoms with E-state index in [1.807, 2.05) is 25.1 Å². The molecule has 16 heavy (non-hydrogen) atoms. The molecule has 2 nitrogen and oxygen atoms in total. The average Bonchev–Trinajstić information content (AvgIpc) is 2.71. The number of aryl methyl sites for hydroxylation is 1. The van der Waals surface area contributed by atoms with Gasteiger partial charge in [0.25, 0.3) is 0 Å². The van der Waals surface area contributed by atoms with E-state index < -0.39 is 0 Å². The van der Waals surface area contributed by atoms with E-state index in [0.29, 0.717) is 5.88 Å². The lowest BCUT2D eigenvalue weighted by atomic mass is 10.1. The van der Waals surface area contributed by atoms with Crippen molar-refractivity contribution < 1.29 is 0 Å². The van der Waals surface area contributed by atoms with Crippen molar-refractivity contribution in [1.29, 1.82) is 0 Å². The first-order chi connectivity index (χ1) is 7.72. The molecule has 1 heterocycles. The first-order valence-corrected chi connectivity index (χ1v) is 6.59. The Kier molecular flexibility index (Phi) is 3.79. The van der Waals surface area contributed by atoms with Crippen LogP contribution in [0.25, 0.3) is 10.6 Å². The number of halogens is 2. The molecule has 0 aliphatic carbocycles. The summed E-state index contributed by atoms with van der Waals surface area (Å²) in [5.41, 5.74) is 2.09. The van der Waals surface area contributed by atoms with Crippen LogP contribution in [0, 0.1) is 6.92 Å². The second-order valence-corrected chi connectivity index (χ2v) is 5.20. The van der Waals surface area contributed by atoms with Crippen LogP contribution in [-0.2, 0) is 6.42 Å². The maximum absolute atomic E-state index is 6.07. The van der Waals surface area contributed by atoms with Crippen LogP contribution in [0.4, 0.5) is 0 Å². The molecule has 2 aromatic rings. The lowest BCUT2D eigenvalue weighted by Gasteiger charge is -2.02. The van der Waals surface area contributed by atoms with E-state index in [0.717, 1.165) is 32.6 Å². The van der Waals surface area contributed by atoms with Crippen molar-refractivity contribution in [3.05, 3.63) is 33.8 Å². The Hall–Kier alpha value is -0.640. The third-order valence-corrected chi connectivity index (χ3v) is 3.89. The summed E-state index contributed by atoms with van der Waals surface area (Å²) in [7, 11) is 0. The summed E-state index contributed by atoms with van der Waals surface area (Å²) >= 11 is 13.3. The van der Waals surface area contributed by atoms with Gasteiger partial charge in [0, 0.05) is 22.9 Å². The van der Waals surface area contributed by atoms with Crippen molar-refractivity contribution in [3.8, 4) is 10.6 Å². The number of nitrogens with zero attached hydrogens (tertiary/aromatic N) is 2. The largest absolute Gasteiger partial charge is 0.148 e. The fraction of sp³-hybridized carbons (Fsp3) is 0.273. The van der Waals surface area contributed by atoms with Gasteiger partial charge in [0.15, 0.2) is 0 Å². The highest BCUT2D eigenvalue weighted by molar-refractivity contribution is 7.14. The van der Waals surface area contributed by atoms with Gasteiger partial charge in [0.2, 0.25) is 0 Å². The number of rotatable bonds is 3. The van der Waals surface area contributed by atoms with E-state index >= 15 is 0 Å². The Morgan fingerprint density at radius 2 is 2.12 bits per heavy atom. The van der Waals surface area contributed by atoms with Crippen LogP contribution in [0.3, 0.4) is 0 Å². The van der Waals surface area contributed by atoms with E-state index in [9.17, 15) is 0 Å². The maximum atomic E-state index is 6.07. The molecule has 0 bridgehead atoms. The number of benzene rings is 1. The zero-order valence-corrected chi connectivity index (χ0v) is 11.0. The molecule has 0 radical (unpaired) electrons. The Labute approximate surface area is 108 Å². The Bertz CT molecular complexity index is 496. The Balaban J connectivity index is 2.39. The van der Waals surface area contributed by atoms with Gasteiger partial charge in [-0.25, -0.2) is 0 Å².